The molecular weight excluding hydrogens is 526 g/mol. The Hall–Kier alpha value is -5.09. The topological polar surface area (TPSA) is 120 Å². The van der Waals surface area contributed by atoms with E-state index in [1.807, 2.05) is 30.3 Å². The molecule has 0 bridgehead atoms. The molecular formula is C30H27N5O4S. The summed E-state index contributed by atoms with van der Waals surface area (Å²) in [6.07, 6.45) is 0. The molecule has 0 aliphatic carbocycles. The number of urea groups is 1. The van der Waals surface area contributed by atoms with E-state index >= 15 is 0 Å². The van der Waals surface area contributed by atoms with E-state index in [1.54, 1.807) is 74.8 Å². The maximum atomic E-state index is 13.3. The molecule has 1 aliphatic heterocycles. The van der Waals surface area contributed by atoms with Gasteiger partial charge in [0.15, 0.2) is 0 Å². The Balaban J connectivity index is 1.57. The first kappa shape index (κ1) is 26.5. The number of nitrogens with zero attached hydrogens (tertiary/aromatic N) is 1. The number of carbonyl (C=O) groups is 2. The van der Waals surface area contributed by atoms with Crippen molar-refractivity contribution in [3.63, 3.8) is 0 Å². The van der Waals surface area contributed by atoms with Gasteiger partial charge < -0.3 is 16.0 Å². The third-order valence-corrected chi connectivity index (χ3v) is 7.81. The molecule has 3 amide bonds. The van der Waals surface area contributed by atoms with E-state index in [1.165, 1.54) is 17.0 Å². The lowest BCUT2D eigenvalue weighted by Crippen LogP contribution is -2.34. The van der Waals surface area contributed by atoms with E-state index in [0.29, 0.717) is 39.6 Å². The highest BCUT2D eigenvalue weighted by Crippen LogP contribution is 2.39. The van der Waals surface area contributed by atoms with Crippen LogP contribution in [0.1, 0.15) is 11.1 Å². The van der Waals surface area contributed by atoms with Crippen LogP contribution >= 0.6 is 0 Å². The van der Waals surface area contributed by atoms with Crippen molar-refractivity contribution >= 4 is 56.0 Å². The van der Waals surface area contributed by atoms with Gasteiger partial charge in [0.1, 0.15) is 0 Å². The molecule has 40 heavy (non-hydrogen) atoms. The zero-order valence-electron chi connectivity index (χ0n) is 21.8. The van der Waals surface area contributed by atoms with Crippen LogP contribution in [0.5, 0.6) is 0 Å². The monoisotopic (exact) mass is 553 g/mol. The summed E-state index contributed by atoms with van der Waals surface area (Å²) in [4.78, 5) is 26.8. The van der Waals surface area contributed by atoms with Crippen LogP contribution < -0.4 is 25.6 Å². The van der Waals surface area contributed by atoms with Gasteiger partial charge in [-0.1, -0.05) is 48.5 Å². The SMILES string of the molecule is CNC(=O)N(C)c1ccc(N/C(=C2\C(=O)Nc3ccc(S(=O)(=O)Nc4ccccc4)cc32)c2ccccc2)cc1. The van der Waals surface area contributed by atoms with Crippen molar-refractivity contribution < 1.29 is 18.0 Å². The highest BCUT2D eigenvalue weighted by Gasteiger charge is 2.30. The van der Waals surface area contributed by atoms with E-state index in [-0.39, 0.29) is 16.8 Å². The number of para-hydroxylation sites is 1. The van der Waals surface area contributed by atoms with E-state index < -0.39 is 10.0 Å². The fourth-order valence-electron chi connectivity index (χ4n) is 4.36. The van der Waals surface area contributed by atoms with Crippen molar-refractivity contribution in [2.45, 2.75) is 4.90 Å². The van der Waals surface area contributed by atoms with Gasteiger partial charge in [0.25, 0.3) is 15.9 Å². The van der Waals surface area contributed by atoms with Crippen LogP contribution in [-0.2, 0) is 14.8 Å². The molecule has 4 aromatic carbocycles. The van der Waals surface area contributed by atoms with Gasteiger partial charge >= 0.3 is 6.03 Å². The van der Waals surface area contributed by atoms with Gasteiger partial charge in [-0.25, -0.2) is 13.2 Å². The second-order valence-corrected chi connectivity index (χ2v) is 10.7. The van der Waals surface area contributed by atoms with Gasteiger partial charge in [-0.2, -0.15) is 0 Å². The maximum absolute atomic E-state index is 13.3. The van der Waals surface area contributed by atoms with Crippen molar-refractivity contribution in [1.29, 1.82) is 0 Å². The first-order valence-electron chi connectivity index (χ1n) is 12.4. The average Bonchev–Trinajstić information content (AvgIpc) is 3.30. The quantitative estimate of drug-likeness (QED) is 0.235. The zero-order valence-corrected chi connectivity index (χ0v) is 22.6. The number of carbonyl (C=O) groups excluding carboxylic acids is 2. The first-order valence-corrected chi connectivity index (χ1v) is 13.9. The van der Waals surface area contributed by atoms with Crippen LogP contribution in [0, 0.1) is 0 Å². The van der Waals surface area contributed by atoms with Crippen LogP contribution in [-0.4, -0.2) is 34.5 Å². The molecule has 202 valence electrons. The van der Waals surface area contributed by atoms with Crippen LogP contribution in [0.2, 0.25) is 0 Å². The number of amides is 3. The minimum absolute atomic E-state index is 0.0260. The third kappa shape index (κ3) is 5.38. The predicted octanol–water partition coefficient (Wildman–Crippen LogP) is 5.20. The van der Waals surface area contributed by atoms with Gasteiger partial charge in [-0.05, 0) is 60.2 Å². The Labute approximate surface area is 232 Å². The number of anilines is 4. The molecule has 4 N–H and O–H groups in total. The Kier molecular flexibility index (Phi) is 7.26. The standard InChI is InChI=1S/C30H27N5O4S/c1-31-30(37)35(2)23-15-13-21(14-16-23)32-28(20-9-5-3-6-10-20)27-25-19-24(17-18-26(25)33-29(27)36)40(38,39)34-22-11-7-4-8-12-22/h3-19,32,34H,1-2H3,(H,31,37)(H,33,36)/b28-27-. The number of benzene rings is 4. The minimum atomic E-state index is -3.92. The largest absolute Gasteiger partial charge is 0.354 e. The predicted molar refractivity (Wildman–Crippen MR) is 159 cm³/mol. The molecule has 0 fully saturated rings. The van der Waals surface area contributed by atoms with Crippen molar-refractivity contribution in [3.8, 4) is 0 Å². The van der Waals surface area contributed by atoms with Crippen LogP contribution in [0.25, 0.3) is 11.3 Å². The molecule has 9 nitrogen and oxygen atoms in total. The number of fused-ring (bicyclic) bond motifs is 1. The summed E-state index contributed by atoms with van der Waals surface area (Å²) in [5.41, 5.74) is 4.33. The van der Waals surface area contributed by atoms with E-state index in [2.05, 4.69) is 20.7 Å². The smallest absolute Gasteiger partial charge is 0.321 e. The lowest BCUT2D eigenvalue weighted by Gasteiger charge is -2.18. The molecule has 4 aromatic rings. The molecule has 0 atom stereocenters. The second kappa shape index (κ2) is 11.0. The van der Waals surface area contributed by atoms with Crippen LogP contribution in [0.15, 0.2) is 108 Å². The van der Waals surface area contributed by atoms with Gasteiger partial charge in [0.05, 0.1) is 16.2 Å². The average molecular weight is 554 g/mol. The highest BCUT2D eigenvalue weighted by atomic mass is 32.2. The summed E-state index contributed by atoms with van der Waals surface area (Å²) in [6, 6.07) is 29.4. The fourth-order valence-corrected chi connectivity index (χ4v) is 5.45. The summed E-state index contributed by atoms with van der Waals surface area (Å²) < 4.78 is 29.0. The fraction of sp³-hybridized carbons (Fsp3) is 0.0667. The highest BCUT2D eigenvalue weighted by molar-refractivity contribution is 7.92. The lowest BCUT2D eigenvalue weighted by atomic mass is 10.00. The van der Waals surface area contributed by atoms with Gasteiger partial charge in [0, 0.05) is 42.4 Å². The summed E-state index contributed by atoms with van der Waals surface area (Å²) >= 11 is 0. The summed E-state index contributed by atoms with van der Waals surface area (Å²) in [6.45, 7) is 0. The number of hydrogen-bond acceptors (Lipinski definition) is 5. The van der Waals surface area contributed by atoms with Crippen LogP contribution in [0.3, 0.4) is 0 Å². The van der Waals surface area contributed by atoms with Crippen molar-refractivity contribution in [3.05, 3.63) is 114 Å². The maximum Gasteiger partial charge on any atom is 0.321 e. The normalized spacial score (nSPS) is 13.6. The second-order valence-electron chi connectivity index (χ2n) is 9.04. The Morgan fingerprint density at radius 2 is 1.48 bits per heavy atom. The first-order chi connectivity index (χ1) is 19.3. The molecule has 0 unspecified atom stereocenters. The van der Waals surface area contributed by atoms with E-state index in [4.69, 9.17) is 0 Å². The Morgan fingerprint density at radius 3 is 2.12 bits per heavy atom. The number of hydrogen-bond donors (Lipinski definition) is 4. The van der Waals surface area contributed by atoms with Gasteiger partial charge in [-0.3, -0.25) is 14.4 Å². The third-order valence-electron chi connectivity index (χ3n) is 6.43. The number of sulfonamides is 1. The molecule has 0 spiro atoms. The molecule has 1 heterocycles. The molecule has 0 saturated heterocycles. The van der Waals surface area contributed by atoms with E-state index in [9.17, 15) is 18.0 Å². The Bertz CT molecular complexity index is 1700. The summed E-state index contributed by atoms with van der Waals surface area (Å²) in [7, 11) is -0.692. The molecule has 10 heteroatoms. The number of rotatable bonds is 7. The minimum Gasteiger partial charge on any atom is -0.354 e. The summed E-state index contributed by atoms with van der Waals surface area (Å²) in [5, 5.41) is 8.79. The molecule has 5 rings (SSSR count). The van der Waals surface area contributed by atoms with Crippen molar-refractivity contribution in [1.82, 2.24) is 5.32 Å². The van der Waals surface area contributed by atoms with Gasteiger partial charge in [0.2, 0.25) is 0 Å². The lowest BCUT2D eigenvalue weighted by molar-refractivity contribution is -0.110. The van der Waals surface area contributed by atoms with Crippen molar-refractivity contribution in [2.75, 3.05) is 34.4 Å². The number of nitrogens with one attached hydrogen (secondary N) is 4. The Morgan fingerprint density at radius 1 is 0.825 bits per heavy atom. The van der Waals surface area contributed by atoms with Crippen LogP contribution in [0.4, 0.5) is 27.5 Å². The van der Waals surface area contributed by atoms with E-state index in [0.717, 1.165) is 5.56 Å². The van der Waals surface area contributed by atoms with Gasteiger partial charge in [-0.15, -0.1) is 0 Å². The molecule has 0 radical (unpaired) electrons. The summed E-state index contributed by atoms with van der Waals surface area (Å²) in [5.74, 6) is -0.358. The van der Waals surface area contributed by atoms with Crippen molar-refractivity contribution in [2.24, 2.45) is 0 Å². The molecule has 1 aliphatic rings. The zero-order chi connectivity index (χ0) is 28.3. The molecule has 0 aromatic heterocycles. The molecule has 0 saturated carbocycles.